The second-order valence-corrected chi connectivity index (χ2v) is 7.77. The fourth-order valence-electron chi connectivity index (χ4n) is 3.72. The minimum absolute atomic E-state index is 0.167. The number of rotatable bonds is 2. The van der Waals surface area contributed by atoms with Crippen LogP contribution in [0.4, 0.5) is 18.9 Å². The first-order chi connectivity index (χ1) is 14.1. The summed E-state index contributed by atoms with van der Waals surface area (Å²) in [5.41, 5.74) is 4.69. The maximum atomic E-state index is 13.0. The SMILES string of the molecule is Cc1ccc(-n2c(C)cc(/C=C3/C(=O)Nc4cc(C(F)(F)F)ccc43)c2C)cc1Cl. The highest BCUT2D eigenvalue weighted by molar-refractivity contribution is 6.35. The summed E-state index contributed by atoms with van der Waals surface area (Å²) in [7, 11) is 0. The van der Waals surface area contributed by atoms with Crippen molar-refractivity contribution < 1.29 is 18.0 Å². The van der Waals surface area contributed by atoms with Gasteiger partial charge in [-0.15, -0.1) is 0 Å². The molecule has 4 rings (SSSR count). The molecule has 30 heavy (non-hydrogen) atoms. The molecule has 0 saturated carbocycles. The second kappa shape index (κ2) is 7.06. The van der Waals surface area contributed by atoms with Crippen LogP contribution < -0.4 is 5.32 Å². The van der Waals surface area contributed by atoms with Crippen LogP contribution in [0.3, 0.4) is 0 Å². The Morgan fingerprint density at radius 1 is 1.03 bits per heavy atom. The van der Waals surface area contributed by atoms with Crippen molar-refractivity contribution in [1.29, 1.82) is 0 Å². The summed E-state index contributed by atoms with van der Waals surface area (Å²) in [6.45, 7) is 5.80. The van der Waals surface area contributed by atoms with Gasteiger partial charge in [0.2, 0.25) is 0 Å². The Morgan fingerprint density at radius 3 is 2.43 bits per heavy atom. The molecule has 0 aliphatic carbocycles. The zero-order valence-electron chi connectivity index (χ0n) is 16.5. The molecule has 2 heterocycles. The molecule has 0 spiro atoms. The van der Waals surface area contributed by atoms with E-state index in [1.165, 1.54) is 6.07 Å². The number of halogens is 4. The van der Waals surface area contributed by atoms with Crippen molar-refractivity contribution in [2.24, 2.45) is 0 Å². The lowest BCUT2D eigenvalue weighted by atomic mass is 10.0. The van der Waals surface area contributed by atoms with Crippen LogP contribution in [0.15, 0.2) is 42.5 Å². The Morgan fingerprint density at radius 2 is 1.77 bits per heavy atom. The van der Waals surface area contributed by atoms with Crippen molar-refractivity contribution in [3.05, 3.63) is 81.1 Å². The van der Waals surface area contributed by atoms with E-state index >= 15 is 0 Å². The number of amides is 1. The van der Waals surface area contributed by atoms with Crippen molar-refractivity contribution in [3.8, 4) is 5.69 Å². The molecule has 1 aromatic heterocycles. The van der Waals surface area contributed by atoms with Gasteiger partial charge in [-0.05, 0) is 68.3 Å². The van der Waals surface area contributed by atoms with E-state index in [1.807, 2.05) is 49.6 Å². The number of anilines is 1. The summed E-state index contributed by atoms with van der Waals surface area (Å²) in [4.78, 5) is 12.5. The molecule has 0 saturated heterocycles. The average molecular weight is 431 g/mol. The molecule has 2 aromatic carbocycles. The number of benzene rings is 2. The lowest BCUT2D eigenvalue weighted by Crippen LogP contribution is -2.06. The Labute approximate surface area is 176 Å². The molecule has 1 N–H and O–H groups in total. The van der Waals surface area contributed by atoms with Crippen molar-refractivity contribution >= 4 is 34.8 Å². The van der Waals surface area contributed by atoms with E-state index in [0.29, 0.717) is 16.2 Å². The number of carbonyl (C=O) groups is 1. The third-order valence-electron chi connectivity index (χ3n) is 5.31. The number of carbonyl (C=O) groups excluding carboxylic acids is 1. The van der Waals surface area contributed by atoms with Crippen LogP contribution in [-0.2, 0) is 11.0 Å². The number of aromatic nitrogens is 1. The molecule has 0 atom stereocenters. The van der Waals surface area contributed by atoms with Crippen LogP contribution in [0.2, 0.25) is 5.02 Å². The first-order valence-electron chi connectivity index (χ1n) is 9.26. The van der Waals surface area contributed by atoms with Gasteiger partial charge in [0.15, 0.2) is 0 Å². The highest BCUT2D eigenvalue weighted by Crippen LogP contribution is 2.39. The summed E-state index contributed by atoms with van der Waals surface area (Å²) in [6, 6.07) is 11.0. The van der Waals surface area contributed by atoms with Crippen LogP contribution in [0.1, 0.15) is 33.6 Å². The molecule has 0 radical (unpaired) electrons. The van der Waals surface area contributed by atoms with Crippen LogP contribution >= 0.6 is 11.6 Å². The fourth-order valence-corrected chi connectivity index (χ4v) is 3.90. The smallest absolute Gasteiger partial charge is 0.321 e. The lowest BCUT2D eigenvalue weighted by molar-refractivity contribution is -0.137. The van der Waals surface area contributed by atoms with Crippen LogP contribution in [0.25, 0.3) is 17.3 Å². The molecule has 1 amide bonds. The van der Waals surface area contributed by atoms with Crippen LogP contribution in [0.5, 0.6) is 0 Å². The van der Waals surface area contributed by atoms with E-state index in [9.17, 15) is 18.0 Å². The summed E-state index contributed by atoms with van der Waals surface area (Å²) in [5, 5.41) is 3.19. The first kappa shape index (κ1) is 20.3. The van der Waals surface area contributed by atoms with Crippen LogP contribution in [-0.4, -0.2) is 10.5 Å². The van der Waals surface area contributed by atoms with Gasteiger partial charge in [0.05, 0.1) is 5.56 Å². The Balaban J connectivity index is 1.78. The molecule has 3 nitrogen and oxygen atoms in total. The van der Waals surface area contributed by atoms with Crippen molar-refractivity contribution in [1.82, 2.24) is 4.57 Å². The standard InChI is InChI=1S/C23H18ClF3N2O/c1-12-4-6-17(11-20(12)24)29-13(2)8-15(14(29)3)9-19-18-7-5-16(23(25,26)27)10-21(18)28-22(19)30/h4-11H,1-3H3,(H,28,30)/b19-9+. The predicted octanol–water partition coefficient (Wildman–Crippen LogP) is 6.57. The van der Waals surface area contributed by atoms with Gasteiger partial charge in [-0.3, -0.25) is 4.79 Å². The summed E-state index contributed by atoms with van der Waals surface area (Å²) in [5.74, 6) is -0.424. The molecule has 7 heteroatoms. The van der Waals surface area contributed by atoms with E-state index in [4.69, 9.17) is 11.6 Å². The number of aryl methyl sites for hydroxylation is 2. The number of alkyl halides is 3. The lowest BCUT2D eigenvalue weighted by Gasteiger charge is -2.11. The van der Waals surface area contributed by atoms with E-state index in [0.717, 1.165) is 40.3 Å². The van der Waals surface area contributed by atoms with Gasteiger partial charge in [-0.1, -0.05) is 23.7 Å². The molecule has 0 bridgehead atoms. The van der Waals surface area contributed by atoms with Gasteiger partial charge in [-0.25, -0.2) is 0 Å². The van der Waals surface area contributed by atoms with Gasteiger partial charge < -0.3 is 9.88 Å². The van der Waals surface area contributed by atoms with Gasteiger partial charge in [0.25, 0.3) is 5.91 Å². The molecular formula is C23H18ClF3N2O. The minimum Gasteiger partial charge on any atom is -0.321 e. The van der Waals surface area contributed by atoms with Gasteiger partial charge in [-0.2, -0.15) is 13.2 Å². The maximum Gasteiger partial charge on any atom is 0.416 e. The largest absolute Gasteiger partial charge is 0.416 e. The normalized spacial score (nSPS) is 14.9. The molecular weight excluding hydrogens is 413 g/mol. The van der Waals surface area contributed by atoms with Crippen molar-refractivity contribution in [3.63, 3.8) is 0 Å². The number of hydrogen-bond acceptors (Lipinski definition) is 1. The summed E-state index contributed by atoms with van der Waals surface area (Å²) < 4.78 is 40.9. The van der Waals surface area contributed by atoms with E-state index in [-0.39, 0.29) is 5.69 Å². The molecule has 1 aliphatic heterocycles. The number of fused-ring (bicyclic) bond motifs is 1. The van der Waals surface area contributed by atoms with Gasteiger partial charge >= 0.3 is 6.18 Å². The van der Waals surface area contributed by atoms with Gasteiger partial charge in [0.1, 0.15) is 0 Å². The Bertz CT molecular complexity index is 1220. The summed E-state index contributed by atoms with van der Waals surface area (Å²) >= 11 is 6.27. The molecule has 0 unspecified atom stereocenters. The molecule has 1 aliphatic rings. The van der Waals surface area contributed by atoms with Gasteiger partial charge in [0, 0.05) is 38.9 Å². The fraction of sp³-hybridized carbons (Fsp3) is 0.174. The number of nitrogens with one attached hydrogen (secondary N) is 1. The number of hydrogen-bond donors (Lipinski definition) is 1. The quantitative estimate of drug-likeness (QED) is 0.458. The third kappa shape index (κ3) is 3.41. The highest BCUT2D eigenvalue weighted by Gasteiger charge is 2.33. The Hall–Kier alpha value is -2.99. The predicted molar refractivity (Wildman–Crippen MR) is 113 cm³/mol. The number of nitrogens with zero attached hydrogens (tertiary/aromatic N) is 1. The van der Waals surface area contributed by atoms with E-state index in [1.54, 1.807) is 6.08 Å². The van der Waals surface area contributed by atoms with E-state index in [2.05, 4.69) is 5.32 Å². The van der Waals surface area contributed by atoms with Crippen molar-refractivity contribution in [2.75, 3.05) is 5.32 Å². The summed E-state index contributed by atoms with van der Waals surface area (Å²) in [6.07, 6.45) is -2.75. The van der Waals surface area contributed by atoms with Crippen LogP contribution in [0, 0.1) is 20.8 Å². The molecule has 3 aromatic rings. The molecule has 0 fully saturated rings. The molecule has 154 valence electrons. The zero-order valence-corrected chi connectivity index (χ0v) is 17.2. The van der Waals surface area contributed by atoms with E-state index < -0.39 is 17.6 Å². The monoisotopic (exact) mass is 430 g/mol. The second-order valence-electron chi connectivity index (χ2n) is 7.37. The van der Waals surface area contributed by atoms with Crippen molar-refractivity contribution in [2.45, 2.75) is 26.9 Å². The first-order valence-corrected chi connectivity index (χ1v) is 9.64. The average Bonchev–Trinajstić information content (AvgIpc) is 3.12. The zero-order chi connectivity index (χ0) is 21.8. The topological polar surface area (TPSA) is 34.0 Å². The highest BCUT2D eigenvalue weighted by atomic mass is 35.5. The Kier molecular flexibility index (Phi) is 4.77. The third-order valence-corrected chi connectivity index (χ3v) is 5.72. The maximum absolute atomic E-state index is 13.0. The minimum atomic E-state index is -4.47.